The van der Waals surface area contributed by atoms with Crippen LogP contribution >= 0.6 is 0 Å². The SMILES string of the molecule is CC(O)C(NC(=O)C(N)CC(N)=O)C(=O)O. The van der Waals surface area contributed by atoms with Crippen molar-refractivity contribution in [1.82, 2.24) is 5.32 Å². The van der Waals surface area contributed by atoms with Crippen molar-refractivity contribution in [2.75, 3.05) is 0 Å². The molecule has 0 aromatic rings. The first-order chi connectivity index (χ1) is 7.25. The molecule has 0 bridgehead atoms. The number of primary amides is 1. The average Bonchev–Trinajstić information content (AvgIpc) is 2.11. The Kier molecular flexibility index (Phi) is 5.40. The molecule has 0 fully saturated rings. The van der Waals surface area contributed by atoms with E-state index in [1.54, 1.807) is 0 Å². The molecule has 8 nitrogen and oxygen atoms in total. The topological polar surface area (TPSA) is 156 Å². The summed E-state index contributed by atoms with van der Waals surface area (Å²) < 4.78 is 0. The molecule has 3 unspecified atom stereocenters. The van der Waals surface area contributed by atoms with Gasteiger partial charge in [0.05, 0.1) is 18.6 Å². The van der Waals surface area contributed by atoms with Gasteiger partial charge in [-0.15, -0.1) is 0 Å². The number of hydrogen-bond acceptors (Lipinski definition) is 5. The number of amides is 2. The van der Waals surface area contributed by atoms with Crippen LogP contribution in [0.2, 0.25) is 0 Å². The Bertz CT molecular complexity index is 291. The molecule has 0 aromatic carbocycles. The van der Waals surface area contributed by atoms with Gasteiger partial charge in [0.2, 0.25) is 11.8 Å². The molecule has 0 rings (SSSR count). The Morgan fingerprint density at radius 2 is 1.88 bits per heavy atom. The zero-order valence-electron chi connectivity index (χ0n) is 8.71. The third-order valence-corrected chi connectivity index (χ3v) is 1.80. The molecule has 0 spiro atoms. The van der Waals surface area contributed by atoms with Crippen LogP contribution in [0.15, 0.2) is 0 Å². The van der Waals surface area contributed by atoms with Crippen LogP contribution in [0, 0.1) is 0 Å². The van der Waals surface area contributed by atoms with Crippen molar-refractivity contribution >= 4 is 17.8 Å². The fourth-order valence-corrected chi connectivity index (χ4v) is 0.958. The first kappa shape index (κ1) is 14.3. The smallest absolute Gasteiger partial charge is 0.328 e. The fraction of sp³-hybridized carbons (Fsp3) is 0.625. The molecule has 16 heavy (non-hydrogen) atoms. The number of carbonyl (C=O) groups excluding carboxylic acids is 2. The molecule has 8 heteroatoms. The number of nitrogens with one attached hydrogen (secondary N) is 1. The number of carboxylic acid groups (broad SMARTS) is 1. The summed E-state index contributed by atoms with van der Waals surface area (Å²) >= 11 is 0. The minimum absolute atomic E-state index is 0.391. The highest BCUT2D eigenvalue weighted by Gasteiger charge is 2.27. The number of nitrogens with two attached hydrogens (primary N) is 2. The van der Waals surface area contributed by atoms with Gasteiger partial charge in [0.1, 0.15) is 0 Å². The van der Waals surface area contributed by atoms with Gasteiger partial charge in [-0.05, 0) is 6.92 Å². The van der Waals surface area contributed by atoms with E-state index in [9.17, 15) is 14.4 Å². The normalized spacial score (nSPS) is 15.9. The molecule has 7 N–H and O–H groups in total. The van der Waals surface area contributed by atoms with Crippen LogP contribution in [0.1, 0.15) is 13.3 Å². The quantitative estimate of drug-likeness (QED) is 0.332. The molecule has 0 saturated heterocycles. The van der Waals surface area contributed by atoms with E-state index in [-0.39, 0.29) is 0 Å². The van der Waals surface area contributed by atoms with Crippen molar-refractivity contribution in [2.24, 2.45) is 11.5 Å². The number of rotatable bonds is 6. The van der Waals surface area contributed by atoms with Crippen molar-refractivity contribution in [3.05, 3.63) is 0 Å². The van der Waals surface area contributed by atoms with Gasteiger partial charge in [0, 0.05) is 0 Å². The number of carbonyl (C=O) groups is 3. The lowest BCUT2D eigenvalue weighted by Crippen LogP contribution is -2.53. The summed E-state index contributed by atoms with van der Waals surface area (Å²) in [5.41, 5.74) is 10.1. The monoisotopic (exact) mass is 233 g/mol. The van der Waals surface area contributed by atoms with E-state index in [0.717, 1.165) is 0 Å². The van der Waals surface area contributed by atoms with Crippen LogP contribution in [0.5, 0.6) is 0 Å². The number of hydrogen-bond donors (Lipinski definition) is 5. The number of aliphatic carboxylic acids is 1. The van der Waals surface area contributed by atoms with E-state index >= 15 is 0 Å². The molecular formula is C8H15N3O5. The summed E-state index contributed by atoms with van der Waals surface area (Å²) in [7, 11) is 0. The number of aliphatic hydroxyl groups is 1. The van der Waals surface area contributed by atoms with E-state index in [2.05, 4.69) is 0 Å². The fourth-order valence-electron chi connectivity index (χ4n) is 0.958. The van der Waals surface area contributed by atoms with E-state index < -0.39 is 42.4 Å². The van der Waals surface area contributed by atoms with Crippen molar-refractivity contribution < 1.29 is 24.6 Å². The van der Waals surface area contributed by atoms with Crippen molar-refractivity contribution in [3.8, 4) is 0 Å². The highest BCUT2D eigenvalue weighted by atomic mass is 16.4. The molecule has 2 amide bonds. The highest BCUT2D eigenvalue weighted by Crippen LogP contribution is 1.95. The first-order valence-corrected chi connectivity index (χ1v) is 4.50. The standard InChI is InChI=1S/C8H15N3O5/c1-3(12)6(8(15)16)11-7(14)4(9)2-5(10)13/h3-4,6,12H,2,9H2,1H3,(H2,10,13)(H,11,14)(H,15,16). The Balaban J connectivity index is 4.40. The Morgan fingerprint density at radius 3 is 2.19 bits per heavy atom. The van der Waals surface area contributed by atoms with Gasteiger partial charge in [-0.1, -0.05) is 0 Å². The average molecular weight is 233 g/mol. The number of carboxylic acids is 1. The van der Waals surface area contributed by atoms with Gasteiger partial charge in [-0.25, -0.2) is 4.79 Å². The van der Waals surface area contributed by atoms with Crippen LogP contribution in [-0.2, 0) is 14.4 Å². The van der Waals surface area contributed by atoms with E-state index in [1.165, 1.54) is 6.92 Å². The van der Waals surface area contributed by atoms with Gasteiger partial charge in [0.15, 0.2) is 6.04 Å². The zero-order chi connectivity index (χ0) is 12.9. The van der Waals surface area contributed by atoms with Crippen LogP contribution in [-0.4, -0.2) is 46.2 Å². The lowest BCUT2D eigenvalue weighted by Gasteiger charge is -2.19. The molecule has 0 aliphatic heterocycles. The summed E-state index contributed by atoms with van der Waals surface area (Å²) in [6.45, 7) is 1.21. The third-order valence-electron chi connectivity index (χ3n) is 1.80. The summed E-state index contributed by atoms with van der Waals surface area (Å²) in [5, 5.41) is 19.7. The van der Waals surface area contributed by atoms with Crippen molar-refractivity contribution in [1.29, 1.82) is 0 Å². The van der Waals surface area contributed by atoms with E-state index in [0.29, 0.717) is 0 Å². The molecule has 3 atom stereocenters. The van der Waals surface area contributed by atoms with E-state index in [4.69, 9.17) is 21.7 Å². The number of aliphatic hydroxyl groups excluding tert-OH is 1. The molecule has 0 aromatic heterocycles. The van der Waals surface area contributed by atoms with Gasteiger partial charge in [-0.3, -0.25) is 9.59 Å². The molecule has 0 saturated carbocycles. The molecule has 0 aliphatic carbocycles. The summed E-state index contributed by atoms with van der Waals surface area (Å²) in [6.07, 6.45) is -1.67. The van der Waals surface area contributed by atoms with Gasteiger partial charge < -0.3 is 27.0 Å². The Morgan fingerprint density at radius 1 is 1.38 bits per heavy atom. The molecular weight excluding hydrogens is 218 g/mol. The second-order valence-electron chi connectivity index (χ2n) is 3.34. The lowest BCUT2D eigenvalue weighted by molar-refractivity contribution is -0.145. The minimum Gasteiger partial charge on any atom is -0.480 e. The maximum Gasteiger partial charge on any atom is 0.328 e. The predicted molar refractivity (Wildman–Crippen MR) is 53.0 cm³/mol. The lowest BCUT2D eigenvalue weighted by atomic mass is 10.1. The first-order valence-electron chi connectivity index (χ1n) is 4.50. The second-order valence-corrected chi connectivity index (χ2v) is 3.34. The van der Waals surface area contributed by atoms with Crippen LogP contribution in [0.3, 0.4) is 0 Å². The minimum atomic E-state index is -1.47. The van der Waals surface area contributed by atoms with E-state index in [1.807, 2.05) is 5.32 Å². The predicted octanol–water partition coefficient (Wildman–Crippen LogP) is -2.86. The van der Waals surface area contributed by atoms with Crippen molar-refractivity contribution in [2.45, 2.75) is 31.5 Å². The molecule has 0 radical (unpaired) electrons. The van der Waals surface area contributed by atoms with Crippen LogP contribution in [0.4, 0.5) is 0 Å². The zero-order valence-corrected chi connectivity index (χ0v) is 8.71. The molecule has 92 valence electrons. The van der Waals surface area contributed by atoms with Gasteiger partial charge >= 0.3 is 5.97 Å². The van der Waals surface area contributed by atoms with Crippen LogP contribution in [0.25, 0.3) is 0 Å². The van der Waals surface area contributed by atoms with Gasteiger partial charge in [0.25, 0.3) is 0 Å². The van der Waals surface area contributed by atoms with Crippen LogP contribution < -0.4 is 16.8 Å². The highest BCUT2D eigenvalue weighted by molar-refractivity contribution is 5.90. The summed E-state index contributed by atoms with van der Waals surface area (Å²) in [6, 6.07) is -2.69. The molecule has 0 heterocycles. The van der Waals surface area contributed by atoms with Crippen molar-refractivity contribution in [3.63, 3.8) is 0 Å². The van der Waals surface area contributed by atoms with Gasteiger partial charge in [-0.2, -0.15) is 0 Å². The summed E-state index contributed by atoms with van der Waals surface area (Å²) in [4.78, 5) is 32.4. The maximum atomic E-state index is 11.3. The molecule has 0 aliphatic rings. The largest absolute Gasteiger partial charge is 0.480 e. The Hall–Kier alpha value is -1.67. The Labute approximate surface area is 91.6 Å². The second kappa shape index (κ2) is 6.03. The maximum absolute atomic E-state index is 11.3. The third kappa shape index (κ3) is 4.71. The summed E-state index contributed by atoms with van der Waals surface area (Å²) in [5.74, 6) is -3.02.